The van der Waals surface area contributed by atoms with Crippen LogP contribution in [0.2, 0.25) is 5.02 Å². The molecule has 1 fully saturated rings. The van der Waals surface area contributed by atoms with Crippen LogP contribution in [0.4, 0.5) is 4.39 Å². The molecule has 9 heteroatoms. The maximum atomic E-state index is 13.9. The highest BCUT2D eigenvalue weighted by Crippen LogP contribution is 2.34. The van der Waals surface area contributed by atoms with Gasteiger partial charge in [0.1, 0.15) is 23.9 Å². The van der Waals surface area contributed by atoms with Gasteiger partial charge in [0, 0.05) is 56.9 Å². The van der Waals surface area contributed by atoms with Gasteiger partial charge in [0.25, 0.3) is 0 Å². The van der Waals surface area contributed by atoms with E-state index in [0.717, 1.165) is 42.9 Å². The molecular formula is C44H45ClFN3O4. The van der Waals surface area contributed by atoms with Crippen molar-refractivity contribution in [3.8, 4) is 23.1 Å². The van der Waals surface area contributed by atoms with Crippen molar-refractivity contribution in [2.45, 2.75) is 46.3 Å². The van der Waals surface area contributed by atoms with Gasteiger partial charge < -0.3 is 19.1 Å². The zero-order chi connectivity index (χ0) is 37.2. The van der Waals surface area contributed by atoms with E-state index < -0.39 is 0 Å². The average Bonchev–Trinajstić information content (AvgIpc) is 3.16. The number of hydrogen-bond donors (Lipinski definition) is 0. The van der Waals surface area contributed by atoms with Crippen LogP contribution in [0.3, 0.4) is 0 Å². The lowest BCUT2D eigenvalue weighted by atomic mass is 10.0. The Balaban J connectivity index is 0.925. The first-order valence-corrected chi connectivity index (χ1v) is 18.4. The molecule has 0 radical (unpaired) electrons. The summed E-state index contributed by atoms with van der Waals surface area (Å²) < 4.78 is 31.5. The molecule has 1 saturated heterocycles. The van der Waals surface area contributed by atoms with Gasteiger partial charge in [-0.1, -0.05) is 80.0 Å². The SMILES string of the molecule is Cc1cc(/C=C/C(=O)N2CCN(Cc3ccc(CCOc4ccc(C(C)C)cc4)cc3)CC2)cc(Cl)c1Oc1ccc(OCc2ccccc2F)cn1. The first-order valence-electron chi connectivity index (χ1n) is 18.0. The van der Waals surface area contributed by atoms with Crippen molar-refractivity contribution in [2.75, 3.05) is 32.8 Å². The van der Waals surface area contributed by atoms with E-state index in [1.54, 1.807) is 48.6 Å². The fourth-order valence-electron chi connectivity index (χ4n) is 6.08. The number of amides is 1. The Hall–Kier alpha value is -5.18. The van der Waals surface area contributed by atoms with E-state index in [1.165, 1.54) is 29.0 Å². The Morgan fingerprint density at radius 1 is 0.887 bits per heavy atom. The van der Waals surface area contributed by atoms with Gasteiger partial charge in [-0.05, 0) is 83.1 Å². The van der Waals surface area contributed by atoms with Gasteiger partial charge in [-0.15, -0.1) is 0 Å². The number of nitrogens with zero attached hydrogens (tertiary/aromatic N) is 3. The van der Waals surface area contributed by atoms with Crippen molar-refractivity contribution >= 4 is 23.6 Å². The standard InChI is InChI=1S/C44H45ClFN3O4/c1-31(2)36-13-15-38(16-14-36)51-25-20-33-8-10-34(11-9-33)29-48-21-23-49(24-22-48)43(50)19-12-35-26-32(3)44(40(45)27-35)53-42-18-17-39(28-47-42)52-30-37-6-4-5-7-41(37)46/h4-19,26-28,31H,20-25,29-30H2,1-3H3/b19-12+. The molecule has 5 aromatic rings. The molecule has 53 heavy (non-hydrogen) atoms. The number of halogens is 2. The highest BCUT2D eigenvalue weighted by Gasteiger charge is 2.20. The second-order valence-corrected chi connectivity index (χ2v) is 13.9. The van der Waals surface area contributed by atoms with Crippen molar-refractivity contribution in [3.05, 3.63) is 154 Å². The highest BCUT2D eigenvalue weighted by molar-refractivity contribution is 6.32. The second-order valence-electron chi connectivity index (χ2n) is 13.5. The molecule has 274 valence electrons. The number of aryl methyl sites for hydroxylation is 1. The summed E-state index contributed by atoms with van der Waals surface area (Å²) >= 11 is 6.61. The molecule has 1 aromatic heterocycles. The zero-order valence-electron chi connectivity index (χ0n) is 30.4. The van der Waals surface area contributed by atoms with Crippen molar-refractivity contribution in [2.24, 2.45) is 0 Å². The van der Waals surface area contributed by atoms with Crippen molar-refractivity contribution in [3.63, 3.8) is 0 Å². The normalized spacial score (nSPS) is 13.4. The Bertz CT molecular complexity index is 1970. The third kappa shape index (κ3) is 10.7. The molecule has 0 unspecified atom stereocenters. The van der Waals surface area contributed by atoms with Gasteiger partial charge in [-0.2, -0.15) is 0 Å². The number of hydrogen-bond acceptors (Lipinski definition) is 6. The van der Waals surface area contributed by atoms with E-state index in [0.29, 0.717) is 53.6 Å². The van der Waals surface area contributed by atoms with Crippen LogP contribution in [0, 0.1) is 12.7 Å². The second kappa shape index (κ2) is 18.0. The minimum Gasteiger partial charge on any atom is -0.493 e. The van der Waals surface area contributed by atoms with E-state index in [2.05, 4.69) is 60.1 Å². The van der Waals surface area contributed by atoms with Gasteiger partial charge in [-0.3, -0.25) is 9.69 Å². The Kier molecular flexibility index (Phi) is 12.8. The number of carbonyl (C=O) groups is 1. The third-order valence-corrected chi connectivity index (χ3v) is 9.54. The molecule has 0 spiro atoms. The minimum atomic E-state index is -0.317. The van der Waals surface area contributed by atoms with Crippen LogP contribution < -0.4 is 14.2 Å². The lowest BCUT2D eigenvalue weighted by molar-refractivity contribution is -0.127. The molecule has 1 aliphatic heterocycles. The van der Waals surface area contributed by atoms with Crippen LogP contribution in [0.25, 0.3) is 6.08 Å². The maximum Gasteiger partial charge on any atom is 0.246 e. The third-order valence-electron chi connectivity index (χ3n) is 9.26. The summed E-state index contributed by atoms with van der Waals surface area (Å²) in [4.78, 5) is 21.6. The van der Waals surface area contributed by atoms with Crippen LogP contribution in [0.15, 0.2) is 109 Å². The lowest BCUT2D eigenvalue weighted by Crippen LogP contribution is -2.47. The maximum absolute atomic E-state index is 13.9. The van der Waals surface area contributed by atoms with Gasteiger partial charge >= 0.3 is 0 Å². The minimum absolute atomic E-state index is 0.0253. The number of rotatable bonds is 14. The Morgan fingerprint density at radius 3 is 2.28 bits per heavy atom. The number of benzene rings is 4. The molecule has 0 atom stereocenters. The smallest absolute Gasteiger partial charge is 0.246 e. The molecule has 4 aromatic carbocycles. The van der Waals surface area contributed by atoms with Gasteiger partial charge in [0.05, 0.1) is 17.8 Å². The number of carbonyl (C=O) groups excluding carboxylic acids is 1. The molecular weight excluding hydrogens is 689 g/mol. The average molecular weight is 734 g/mol. The van der Waals surface area contributed by atoms with E-state index in [-0.39, 0.29) is 18.3 Å². The molecule has 7 nitrogen and oxygen atoms in total. The summed E-state index contributed by atoms with van der Waals surface area (Å²) in [5.41, 5.74) is 5.89. The zero-order valence-corrected chi connectivity index (χ0v) is 31.2. The summed E-state index contributed by atoms with van der Waals surface area (Å²) in [6, 6.07) is 30.6. The number of ether oxygens (including phenoxy) is 3. The Labute approximate surface area is 316 Å². The molecule has 0 saturated carbocycles. The van der Waals surface area contributed by atoms with Gasteiger partial charge in [0.2, 0.25) is 11.8 Å². The number of pyridine rings is 1. The summed E-state index contributed by atoms with van der Waals surface area (Å²) in [5.74, 6) is 2.38. The quantitative estimate of drug-likeness (QED) is 0.106. The molecule has 0 N–H and O–H groups in total. The predicted molar refractivity (Wildman–Crippen MR) is 208 cm³/mol. The van der Waals surface area contributed by atoms with E-state index >= 15 is 0 Å². The van der Waals surface area contributed by atoms with Crippen LogP contribution >= 0.6 is 11.6 Å². The van der Waals surface area contributed by atoms with Crippen molar-refractivity contribution in [1.29, 1.82) is 0 Å². The molecule has 6 rings (SSSR count). The van der Waals surface area contributed by atoms with Crippen LogP contribution in [0.1, 0.15) is 53.1 Å². The monoisotopic (exact) mass is 733 g/mol. The first-order chi connectivity index (χ1) is 25.7. The van der Waals surface area contributed by atoms with Crippen molar-refractivity contribution in [1.82, 2.24) is 14.8 Å². The van der Waals surface area contributed by atoms with Gasteiger partial charge in [0.15, 0.2) is 5.75 Å². The largest absolute Gasteiger partial charge is 0.493 e. The van der Waals surface area contributed by atoms with Crippen molar-refractivity contribution < 1.29 is 23.4 Å². The highest BCUT2D eigenvalue weighted by atomic mass is 35.5. The molecule has 0 bridgehead atoms. The van der Waals surface area contributed by atoms with Crippen LogP contribution in [0.5, 0.6) is 23.1 Å². The fraction of sp³-hybridized carbons (Fsp3) is 0.273. The van der Waals surface area contributed by atoms with E-state index in [9.17, 15) is 9.18 Å². The fourth-order valence-corrected chi connectivity index (χ4v) is 6.39. The molecule has 2 heterocycles. The molecule has 1 amide bonds. The first kappa shape index (κ1) is 37.6. The topological polar surface area (TPSA) is 64.1 Å². The number of piperazine rings is 1. The lowest BCUT2D eigenvalue weighted by Gasteiger charge is -2.34. The summed E-state index contributed by atoms with van der Waals surface area (Å²) in [6.07, 6.45) is 5.76. The van der Waals surface area contributed by atoms with E-state index in [4.69, 9.17) is 25.8 Å². The van der Waals surface area contributed by atoms with Crippen LogP contribution in [-0.2, 0) is 24.4 Å². The molecule has 1 aliphatic rings. The van der Waals surface area contributed by atoms with E-state index in [1.807, 2.05) is 30.0 Å². The number of aromatic nitrogens is 1. The summed E-state index contributed by atoms with van der Waals surface area (Å²) in [7, 11) is 0. The summed E-state index contributed by atoms with van der Waals surface area (Å²) in [5, 5.41) is 0.404. The summed E-state index contributed by atoms with van der Waals surface area (Å²) in [6.45, 7) is 10.8. The molecule has 0 aliphatic carbocycles. The van der Waals surface area contributed by atoms with Crippen LogP contribution in [-0.4, -0.2) is 53.5 Å². The predicted octanol–water partition coefficient (Wildman–Crippen LogP) is 9.66. The van der Waals surface area contributed by atoms with Gasteiger partial charge in [-0.25, -0.2) is 9.37 Å². The Morgan fingerprint density at radius 2 is 1.60 bits per heavy atom.